The van der Waals surface area contributed by atoms with Gasteiger partial charge in [-0.2, -0.15) is 31.8 Å². The van der Waals surface area contributed by atoms with E-state index in [1.807, 2.05) is 0 Å². The van der Waals surface area contributed by atoms with E-state index >= 15 is 0 Å². The van der Waals surface area contributed by atoms with Gasteiger partial charge in [0.2, 0.25) is 11.6 Å². The number of halogens is 2. The van der Waals surface area contributed by atoms with E-state index in [1.54, 1.807) is 12.1 Å². The third-order valence-corrected chi connectivity index (χ3v) is 5.52. The van der Waals surface area contributed by atoms with Gasteiger partial charge < -0.3 is 19.4 Å². The van der Waals surface area contributed by atoms with Crippen LogP contribution in [-0.2, 0) is 11.3 Å². The topological polar surface area (TPSA) is 113 Å². The van der Waals surface area contributed by atoms with Crippen LogP contribution in [0.2, 0.25) is 5.02 Å². The van der Waals surface area contributed by atoms with E-state index in [1.165, 1.54) is 12.1 Å². The van der Waals surface area contributed by atoms with E-state index in [0.717, 1.165) is 11.2 Å². The molecule has 3 aromatic rings. The van der Waals surface area contributed by atoms with E-state index in [2.05, 4.69) is 30.4 Å². The summed E-state index contributed by atoms with van der Waals surface area (Å²) in [6.45, 7) is 1.01. The fourth-order valence-electron chi connectivity index (χ4n) is 3.98. The van der Waals surface area contributed by atoms with Crippen molar-refractivity contribution in [2.45, 2.75) is 25.0 Å². The fourth-order valence-corrected chi connectivity index (χ4v) is 4.21. The molecule has 2 bridgehead atoms. The summed E-state index contributed by atoms with van der Waals surface area (Å²) in [5, 5.41) is 24.9. The highest BCUT2D eigenvalue weighted by atomic mass is 35.5. The molecule has 2 atom stereocenters. The second kappa shape index (κ2) is 8.93. The number of rotatable bonds is 5. The Balaban J connectivity index is 0.00000136. The average molecular weight is 488 g/mol. The number of anilines is 2. The molecule has 2 aliphatic rings. The van der Waals surface area contributed by atoms with E-state index in [-0.39, 0.29) is 57.3 Å². The maximum Gasteiger partial charge on any atom is 0.327 e. The Labute approximate surface area is 194 Å². The van der Waals surface area contributed by atoms with Gasteiger partial charge in [0.1, 0.15) is 5.82 Å². The lowest BCUT2D eigenvalue weighted by atomic mass is 10.2. The van der Waals surface area contributed by atoms with Gasteiger partial charge in [-0.15, -0.1) is 10.2 Å². The molecule has 14 heteroatoms. The third kappa shape index (κ3) is 4.29. The van der Waals surface area contributed by atoms with Crippen molar-refractivity contribution in [3.05, 3.63) is 35.1 Å². The summed E-state index contributed by atoms with van der Waals surface area (Å²) in [6.07, 6.45) is 0.905. The van der Waals surface area contributed by atoms with Gasteiger partial charge in [0.25, 0.3) is 0 Å². The molecule has 2 fully saturated rings. The molecular formula is C17H19ClFN7O3S2. The SMILES string of the molecule is O=C(O)Cn1nnc(-c2cc(N3C[C@@H]4C[C@H]3CN4c3cc(F)ccc3Cl)no2)n1.S.S. The second-order valence-electron chi connectivity index (χ2n) is 7.03. The molecule has 1 N–H and O–H groups in total. The highest BCUT2D eigenvalue weighted by Gasteiger charge is 2.45. The first-order valence-corrected chi connectivity index (χ1v) is 9.31. The van der Waals surface area contributed by atoms with Gasteiger partial charge in [0.05, 0.1) is 16.8 Å². The van der Waals surface area contributed by atoms with E-state index in [4.69, 9.17) is 21.2 Å². The highest BCUT2D eigenvalue weighted by molar-refractivity contribution is 7.59. The van der Waals surface area contributed by atoms with Crippen LogP contribution in [0.15, 0.2) is 28.8 Å². The van der Waals surface area contributed by atoms with Crippen molar-refractivity contribution in [2.24, 2.45) is 0 Å². The van der Waals surface area contributed by atoms with Crippen LogP contribution in [0.1, 0.15) is 6.42 Å². The van der Waals surface area contributed by atoms with Crippen LogP contribution in [0, 0.1) is 5.82 Å². The third-order valence-electron chi connectivity index (χ3n) is 5.20. The summed E-state index contributed by atoms with van der Waals surface area (Å²) >= 11 is 6.26. The Morgan fingerprint density at radius 3 is 2.68 bits per heavy atom. The van der Waals surface area contributed by atoms with Crippen molar-refractivity contribution in [1.82, 2.24) is 25.4 Å². The van der Waals surface area contributed by atoms with E-state index < -0.39 is 5.97 Å². The van der Waals surface area contributed by atoms with Crippen molar-refractivity contribution in [1.29, 1.82) is 0 Å². The predicted molar refractivity (Wildman–Crippen MR) is 120 cm³/mol. The maximum absolute atomic E-state index is 13.7. The van der Waals surface area contributed by atoms with Crippen molar-refractivity contribution in [3.63, 3.8) is 0 Å². The lowest BCUT2D eigenvalue weighted by Crippen LogP contribution is -2.46. The zero-order chi connectivity index (χ0) is 20.1. The summed E-state index contributed by atoms with van der Waals surface area (Å²) in [4.78, 5) is 16.0. The van der Waals surface area contributed by atoms with Gasteiger partial charge in [0, 0.05) is 25.2 Å². The normalized spacial score (nSPS) is 19.3. The van der Waals surface area contributed by atoms with Crippen LogP contribution in [-0.4, -0.2) is 61.6 Å². The number of fused-ring (bicyclic) bond motifs is 2. The van der Waals surface area contributed by atoms with Gasteiger partial charge in [-0.3, -0.25) is 4.79 Å². The molecule has 10 nitrogen and oxygen atoms in total. The monoisotopic (exact) mass is 487 g/mol. The standard InChI is InChI=1S/C17H15ClFN7O3.2H2S/c18-12-2-1-9(19)3-13(12)24-6-11-4-10(24)7-25(11)15-5-14(29-22-15)17-20-23-26(21-17)8-16(27)28;;/h1-3,5,10-11H,4,6-8H2,(H,27,28);2*1H2/t10-,11-;;/m0../s1. The fraction of sp³-hybridized carbons (Fsp3) is 0.353. The molecule has 0 aliphatic carbocycles. The number of aliphatic carboxylic acids is 1. The van der Waals surface area contributed by atoms with Crippen molar-refractivity contribution < 1.29 is 18.8 Å². The van der Waals surface area contributed by atoms with Crippen molar-refractivity contribution >= 4 is 56.1 Å². The van der Waals surface area contributed by atoms with Crippen LogP contribution in [0.5, 0.6) is 0 Å². The molecule has 0 unspecified atom stereocenters. The van der Waals surface area contributed by atoms with Crippen molar-refractivity contribution in [2.75, 3.05) is 22.9 Å². The summed E-state index contributed by atoms with van der Waals surface area (Å²) in [5.41, 5.74) is 0.707. The molecule has 2 saturated heterocycles. The van der Waals surface area contributed by atoms with Gasteiger partial charge in [-0.1, -0.05) is 16.8 Å². The van der Waals surface area contributed by atoms with E-state index in [9.17, 15) is 9.18 Å². The number of aromatic nitrogens is 5. The average Bonchev–Trinajstić information content (AvgIpc) is 3.45. The molecule has 0 saturated carbocycles. The molecule has 31 heavy (non-hydrogen) atoms. The first kappa shape index (κ1) is 23.2. The molecule has 1 aromatic carbocycles. The Morgan fingerprint density at radius 2 is 1.97 bits per heavy atom. The Kier molecular flexibility index (Phi) is 6.67. The predicted octanol–water partition coefficient (Wildman–Crippen LogP) is 1.90. The first-order valence-electron chi connectivity index (χ1n) is 8.93. The van der Waals surface area contributed by atoms with Crippen LogP contribution < -0.4 is 9.80 Å². The largest absolute Gasteiger partial charge is 0.480 e. The number of carbonyl (C=O) groups is 1. The van der Waals surface area contributed by atoms with Crippen LogP contribution in [0.3, 0.4) is 0 Å². The minimum absolute atomic E-state index is 0. The second-order valence-corrected chi connectivity index (χ2v) is 7.44. The summed E-state index contributed by atoms with van der Waals surface area (Å²) in [6, 6.07) is 6.48. The van der Waals surface area contributed by atoms with E-state index in [0.29, 0.717) is 35.4 Å². The Bertz CT molecular complexity index is 1100. The van der Waals surface area contributed by atoms with Crippen LogP contribution in [0.4, 0.5) is 15.9 Å². The van der Waals surface area contributed by atoms with Gasteiger partial charge in [-0.05, 0) is 29.8 Å². The van der Waals surface area contributed by atoms with Crippen LogP contribution >= 0.6 is 38.6 Å². The molecule has 0 spiro atoms. The minimum atomic E-state index is -1.07. The zero-order valence-electron chi connectivity index (χ0n) is 15.9. The summed E-state index contributed by atoms with van der Waals surface area (Å²) in [5.74, 6) is -0.254. The van der Waals surface area contributed by atoms with Gasteiger partial charge >= 0.3 is 5.97 Å². The molecule has 0 radical (unpaired) electrons. The molecular weight excluding hydrogens is 469 g/mol. The molecule has 166 valence electrons. The minimum Gasteiger partial charge on any atom is -0.480 e. The maximum atomic E-state index is 13.7. The molecule has 0 amide bonds. The smallest absolute Gasteiger partial charge is 0.327 e. The Hall–Kier alpha value is -2.51. The van der Waals surface area contributed by atoms with Crippen molar-refractivity contribution in [3.8, 4) is 11.6 Å². The lowest BCUT2D eigenvalue weighted by molar-refractivity contribution is -0.138. The number of carboxylic acid groups (broad SMARTS) is 1. The lowest BCUT2D eigenvalue weighted by Gasteiger charge is -2.35. The molecule has 2 aromatic heterocycles. The first-order chi connectivity index (χ1) is 14.0. The van der Waals surface area contributed by atoms with Crippen LogP contribution in [0.25, 0.3) is 11.6 Å². The number of piperazine rings is 1. The number of hydrogen-bond donors (Lipinski definition) is 1. The number of tetrazole rings is 1. The number of hydrogen-bond acceptors (Lipinski definition) is 8. The quantitative estimate of drug-likeness (QED) is 0.576. The summed E-state index contributed by atoms with van der Waals surface area (Å²) in [7, 11) is 0. The number of benzene rings is 1. The summed E-state index contributed by atoms with van der Waals surface area (Å²) < 4.78 is 19.0. The molecule has 5 rings (SSSR count). The molecule has 4 heterocycles. The molecule has 2 aliphatic heterocycles. The number of nitrogens with zero attached hydrogens (tertiary/aromatic N) is 7. The van der Waals surface area contributed by atoms with Gasteiger partial charge in [-0.25, -0.2) is 4.39 Å². The van der Waals surface area contributed by atoms with Gasteiger partial charge in [0.15, 0.2) is 12.4 Å². The highest BCUT2D eigenvalue weighted by Crippen LogP contribution is 2.40. The number of carboxylic acids is 1. The zero-order valence-corrected chi connectivity index (χ0v) is 18.7. The Morgan fingerprint density at radius 1 is 1.23 bits per heavy atom.